The minimum atomic E-state index is -3.46. The summed E-state index contributed by atoms with van der Waals surface area (Å²) in [6.45, 7) is 3.69. The normalized spacial score (nSPS) is 14.5. The van der Waals surface area contributed by atoms with Crippen LogP contribution >= 0.6 is 7.23 Å². The molecule has 1 unspecified atom stereocenters. The van der Waals surface area contributed by atoms with Crippen molar-refractivity contribution in [1.29, 1.82) is 0 Å². The number of hydrogen-bond acceptors (Lipinski definition) is 4. The van der Waals surface area contributed by atoms with Gasteiger partial charge in [-0.15, -0.1) is 0 Å². The van der Waals surface area contributed by atoms with Gasteiger partial charge in [-0.1, -0.05) is 13.3 Å². The maximum absolute atomic E-state index is 11.1. The summed E-state index contributed by atoms with van der Waals surface area (Å²) in [7, 11) is -6.33. The van der Waals surface area contributed by atoms with E-state index in [0.29, 0.717) is 6.42 Å². The molecule has 0 heterocycles. The highest BCUT2D eigenvalue weighted by molar-refractivity contribution is 8.44. The Labute approximate surface area is 73.8 Å². The van der Waals surface area contributed by atoms with Crippen LogP contribution in [0.2, 0.25) is 0 Å². The van der Waals surface area contributed by atoms with Crippen molar-refractivity contribution in [1.82, 2.24) is 0 Å². The van der Waals surface area contributed by atoms with Gasteiger partial charge in [0.05, 0.1) is 12.4 Å². The molecule has 0 rings (SSSR count). The molecule has 0 aliphatic heterocycles. The molecule has 0 aliphatic carbocycles. The van der Waals surface area contributed by atoms with Gasteiger partial charge in [0.2, 0.25) is 9.46 Å². The molecule has 12 heavy (non-hydrogen) atoms. The lowest BCUT2D eigenvalue weighted by molar-refractivity contribution is 0.359. The fourth-order valence-corrected chi connectivity index (χ4v) is 3.70. The van der Waals surface area contributed by atoms with E-state index in [1.54, 1.807) is 6.92 Å². The van der Waals surface area contributed by atoms with Crippen molar-refractivity contribution in [2.75, 3.05) is 12.4 Å². The first-order valence-corrected chi connectivity index (χ1v) is 7.63. The minimum Gasteiger partial charge on any atom is -0.320 e. The second kappa shape index (κ2) is 5.73. The van der Waals surface area contributed by atoms with Gasteiger partial charge >= 0.3 is 7.23 Å². The summed E-state index contributed by atoms with van der Waals surface area (Å²) < 4.78 is 37.7. The van der Waals surface area contributed by atoms with Crippen molar-refractivity contribution in [3.63, 3.8) is 0 Å². The molecule has 0 fully saturated rings. The zero-order valence-electron chi connectivity index (χ0n) is 7.37. The van der Waals surface area contributed by atoms with E-state index in [2.05, 4.69) is 4.52 Å². The molecule has 0 saturated heterocycles. The van der Waals surface area contributed by atoms with Crippen LogP contribution in [0.25, 0.3) is 0 Å². The number of unbranched alkanes of at least 4 members (excludes halogenated alkanes) is 1. The Morgan fingerprint density at radius 1 is 1.33 bits per heavy atom. The minimum absolute atomic E-state index is 0.0265. The number of hydrogen-bond donors (Lipinski definition) is 0. The highest BCUT2D eigenvalue weighted by Gasteiger charge is 2.18. The van der Waals surface area contributed by atoms with E-state index in [1.807, 2.05) is 6.92 Å². The first-order valence-electron chi connectivity index (χ1n) is 3.94. The highest BCUT2D eigenvalue weighted by Crippen LogP contribution is 2.31. The number of rotatable bonds is 6. The van der Waals surface area contributed by atoms with Crippen LogP contribution in [0.1, 0.15) is 26.7 Å². The fourth-order valence-electron chi connectivity index (χ4n) is 0.625. The second-order valence-corrected chi connectivity index (χ2v) is 7.65. The van der Waals surface area contributed by atoms with Crippen LogP contribution in [0.3, 0.4) is 0 Å². The Morgan fingerprint density at radius 2 is 1.92 bits per heavy atom. The summed E-state index contributed by atoms with van der Waals surface area (Å²) in [5.41, 5.74) is 0. The van der Waals surface area contributed by atoms with E-state index in [0.717, 1.165) is 6.42 Å². The predicted octanol–water partition coefficient (Wildman–Crippen LogP) is 1.63. The first kappa shape index (κ1) is 12.1. The van der Waals surface area contributed by atoms with Crippen LogP contribution in [0.15, 0.2) is 0 Å². The lowest BCUT2D eigenvalue weighted by Gasteiger charge is -2.02. The first-order chi connectivity index (χ1) is 5.54. The summed E-state index contributed by atoms with van der Waals surface area (Å²) in [6.07, 6.45) is 1.33. The monoisotopic (exact) mass is 214 g/mol. The van der Waals surface area contributed by atoms with Gasteiger partial charge in [-0.2, -0.15) is 0 Å². The van der Waals surface area contributed by atoms with Crippen LogP contribution in [-0.4, -0.2) is 20.8 Å². The van der Waals surface area contributed by atoms with Crippen LogP contribution in [0.4, 0.5) is 0 Å². The molecular weight excluding hydrogens is 199 g/mol. The molecule has 0 radical (unpaired) electrons. The van der Waals surface area contributed by atoms with Gasteiger partial charge in [-0.25, -0.2) is 8.42 Å². The van der Waals surface area contributed by atoms with Crippen LogP contribution in [-0.2, 0) is 18.5 Å². The van der Waals surface area contributed by atoms with Gasteiger partial charge in [0.25, 0.3) is 0 Å². The van der Waals surface area contributed by atoms with Gasteiger partial charge in [-0.05, 0) is 13.3 Å². The third-order valence-electron chi connectivity index (χ3n) is 1.28. The van der Waals surface area contributed by atoms with E-state index in [1.165, 1.54) is 0 Å². The van der Waals surface area contributed by atoms with Crippen LogP contribution in [0, 0.1) is 0 Å². The van der Waals surface area contributed by atoms with E-state index in [-0.39, 0.29) is 12.4 Å². The van der Waals surface area contributed by atoms with Gasteiger partial charge in [-0.3, -0.25) is 4.57 Å². The lowest BCUT2D eigenvalue weighted by atomic mass is 10.4. The van der Waals surface area contributed by atoms with Crippen molar-refractivity contribution < 1.29 is 17.5 Å². The van der Waals surface area contributed by atoms with E-state index in [4.69, 9.17) is 0 Å². The van der Waals surface area contributed by atoms with Crippen molar-refractivity contribution in [2.45, 2.75) is 26.7 Å². The summed E-state index contributed by atoms with van der Waals surface area (Å²) in [5, 5.41) is 0. The van der Waals surface area contributed by atoms with Crippen LogP contribution in [0.5, 0.6) is 0 Å². The average Bonchev–Trinajstić information content (AvgIpc) is 2.01. The summed E-state index contributed by atoms with van der Waals surface area (Å²) in [5.74, 6) is -0.0265. The molecule has 0 aromatic heterocycles. The van der Waals surface area contributed by atoms with Gasteiger partial charge < -0.3 is 4.52 Å². The van der Waals surface area contributed by atoms with Gasteiger partial charge in [0.15, 0.2) is 0 Å². The topological polar surface area (TPSA) is 60.4 Å². The Kier molecular flexibility index (Phi) is 5.80. The SMILES string of the molecule is CCCCS(=O)(=O)[PH](=O)OCC. The zero-order chi connectivity index (χ0) is 9.61. The second-order valence-electron chi connectivity index (χ2n) is 2.36. The fraction of sp³-hybridized carbons (Fsp3) is 1.00. The average molecular weight is 214 g/mol. The Morgan fingerprint density at radius 3 is 2.33 bits per heavy atom. The predicted molar refractivity (Wildman–Crippen MR) is 49.3 cm³/mol. The molecular formula is C6H15O4PS. The Balaban J connectivity index is 4.11. The molecule has 0 saturated carbocycles. The third kappa shape index (κ3) is 4.24. The molecule has 0 aromatic rings. The molecule has 74 valence electrons. The third-order valence-corrected chi connectivity index (χ3v) is 5.63. The summed E-state index contributed by atoms with van der Waals surface area (Å²) >= 11 is 0. The lowest BCUT2D eigenvalue weighted by Crippen LogP contribution is -2.01. The quantitative estimate of drug-likeness (QED) is 0.630. The zero-order valence-corrected chi connectivity index (χ0v) is 9.19. The summed E-state index contributed by atoms with van der Waals surface area (Å²) in [6, 6.07) is 0. The van der Waals surface area contributed by atoms with E-state index in [9.17, 15) is 13.0 Å². The van der Waals surface area contributed by atoms with Gasteiger partial charge in [0.1, 0.15) is 0 Å². The Hall–Kier alpha value is 0.140. The maximum Gasteiger partial charge on any atom is 0.302 e. The van der Waals surface area contributed by atoms with E-state index >= 15 is 0 Å². The molecule has 0 spiro atoms. The molecule has 0 N–H and O–H groups in total. The molecule has 0 bridgehead atoms. The molecule has 0 amide bonds. The highest BCUT2D eigenvalue weighted by atomic mass is 32.8. The maximum atomic E-state index is 11.1. The van der Waals surface area contributed by atoms with E-state index < -0.39 is 16.7 Å². The largest absolute Gasteiger partial charge is 0.320 e. The van der Waals surface area contributed by atoms with Crippen molar-refractivity contribution in [3.05, 3.63) is 0 Å². The molecule has 0 aliphatic rings. The van der Waals surface area contributed by atoms with Crippen molar-refractivity contribution in [2.24, 2.45) is 0 Å². The molecule has 4 nitrogen and oxygen atoms in total. The van der Waals surface area contributed by atoms with Crippen LogP contribution < -0.4 is 0 Å². The van der Waals surface area contributed by atoms with Gasteiger partial charge in [0, 0.05) is 0 Å². The molecule has 6 heteroatoms. The molecule has 1 atom stereocenters. The van der Waals surface area contributed by atoms with Crippen molar-refractivity contribution >= 4 is 16.7 Å². The molecule has 0 aromatic carbocycles. The smallest absolute Gasteiger partial charge is 0.302 e. The summed E-state index contributed by atoms with van der Waals surface area (Å²) in [4.78, 5) is 0. The van der Waals surface area contributed by atoms with Crippen molar-refractivity contribution in [3.8, 4) is 0 Å². The Bertz CT molecular complexity index is 234. The standard InChI is InChI=1S/C6H15O4PS/c1-3-5-6-12(8,9)11(7)10-4-2/h11H,3-6H2,1-2H3.